The van der Waals surface area contributed by atoms with E-state index >= 15 is 0 Å². The molecule has 3 rings (SSSR count). The second-order valence-corrected chi connectivity index (χ2v) is 6.27. The minimum atomic E-state index is -0.585. The molecule has 0 amide bonds. The zero-order valence-electron chi connectivity index (χ0n) is 13.2. The lowest BCUT2D eigenvalue weighted by molar-refractivity contribution is 0.240. The number of nitrogens with one attached hydrogen (secondary N) is 1. The smallest absolute Gasteiger partial charge is 0.255 e. The minimum Gasteiger partial charge on any atom is -0.310 e. The van der Waals surface area contributed by atoms with E-state index in [0.29, 0.717) is 43.0 Å². The van der Waals surface area contributed by atoms with E-state index in [9.17, 15) is 13.6 Å². The van der Waals surface area contributed by atoms with Gasteiger partial charge in [0.2, 0.25) is 0 Å². The molecule has 0 radical (unpaired) electrons. The van der Waals surface area contributed by atoms with Gasteiger partial charge in [0.1, 0.15) is 17.5 Å². The Labute approximate surface area is 133 Å². The van der Waals surface area contributed by atoms with Crippen LogP contribution in [0.4, 0.5) is 8.78 Å². The summed E-state index contributed by atoms with van der Waals surface area (Å²) in [5.41, 5.74) is 1.93. The third-order valence-electron chi connectivity index (χ3n) is 4.04. The number of fused-ring (bicyclic) bond motifs is 1. The van der Waals surface area contributed by atoms with Gasteiger partial charge in [-0.25, -0.2) is 13.8 Å². The monoisotopic (exact) mass is 319 g/mol. The van der Waals surface area contributed by atoms with Crippen molar-refractivity contribution < 1.29 is 8.78 Å². The van der Waals surface area contributed by atoms with Crippen LogP contribution in [0.25, 0.3) is 0 Å². The third-order valence-corrected chi connectivity index (χ3v) is 4.04. The highest BCUT2D eigenvalue weighted by molar-refractivity contribution is 5.23. The van der Waals surface area contributed by atoms with Crippen LogP contribution in [0.5, 0.6) is 0 Å². The SMILES string of the molecule is CC(C)c1nc2c(c(=O)[nH]1)CN(Cc1cc(F)cc(F)c1)CC2. The summed E-state index contributed by atoms with van der Waals surface area (Å²) in [4.78, 5) is 21.6. The van der Waals surface area contributed by atoms with Gasteiger partial charge in [-0.2, -0.15) is 0 Å². The van der Waals surface area contributed by atoms with E-state index in [1.807, 2.05) is 18.7 Å². The summed E-state index contributed by atoms with van der Waals surface area (Å²) in [6, 6.07) is 3.50. The van der Waals surface area contributed by atoms with Gasteiger partial charge in [0.05, 0.1) is 11.3 Å². The van der Waals surface area contributed by atoms with Crippen LogP contribution < -0.4 is 5.56 Å². The molecule has 122 valence electrons. The number of benzene rings is 1. The van der Waals surface area contributed by atoms with Crippen molar-refractivity contribution in [2.75, 3.05) is 6.54 Å². The summed E-state index contributed by atoms with van der Waals surface area (Å²) < 4.78 is 26.6. The van der Waals surface area contributed by atoms with Gasteiger partial charge < -0.3 is 4.98 Å². The molecule has 1 N–H and O–H groups in total. The molecule has 0 bridgehead atoms. The van der Waals surface area contributed by atoms with Crippen molar-refractivity contribution in [2.45, 2.75) is 39.3 Å². The molecule has 0 fully saturated rings. The normalized spacial score (nSPS) is 15.0. The Morgan fingerprint density at radius 2 is 1.96 bits per heavy atom. The highest BCUT2D eigenvalue weighted by atomic mass is 19.1. The summed E-state index contributed by atoms with van der Waals surface area (Å²) in [5, 5.41) is 0. The van der Waals surface area contributed by atoms with Crippen LogP contribution >= 0.6 is 0 Å². The highest BCUT2D eigenvalue weighted by Gasteiger charge is 2.22. The first-order chi connectivity index (χ1) is 10.9. The second kappa shape index (κ2) is 6.20. The van der Waals surface area contributed by atoms with Crippen LogP contribution in [-0.4, -0.2) is 21.4 Å². The molecule has 1 aliphatic rings. The zero-order valence-corrected chi connectivity index (χ0v) is 13.2. The molecule has 0 aliphatic carbocycles. The summed E-state index contributed by atoms with van der Waals surface area (Å²) in [6.07, 6.45) is 0.663. The van der Waals surface area contributed by atoms with E-state index in [4.69, 9.17) is 0 Å². The Kier molecular flexibility index (Phi) is 4.26. The van der Waals surface area contributed by atoms with Crippen molar-refractivity contribution in [1.29, 1.82) is 0 Å². The van der Waals surface area contributed by atoms with Crippen LogP contribution in [0.15, 0.2) is 23.0 Å². The lowest BCUT2D eigenvalue weighted by Crippen LogP contribution is -2.36. The average molecular weight is 319 g/mol. The molecule has 0 unspecified atom stereocenters. The Hall–Kier alpha value is -2.08. The van der Waals surface area contributed by atoms with Crippen LogP contribution in [0.1, 0.15) is 42.4 Å². The van der Waals surface area contributed by atoms with Crippen LogP contribution in [0.3, 0.4) is 0 Å². The standard InChI is InChI=1S/C17H19F2N3O/c1-10(2)16-20-15-3-4-22(9-14(15)17(23)21-16)8-11-5-12(18)7-13(19)6-11/h5-7,10H,3-4,8-9H2,1-2H3,(H,20,21,23). The van der Waals surface area contributed by atoms with Crippen molar-refractivity contribution in [2.24, 2.45) is 0 Å². The van der Waals surface area contributed by atoms with Crippen LogP contribution in [-0.2, 0) is 19.5 Å². The topological polar surface area (TPSA) is 49.0 Å². The van der Waals surface area contributed by atoms with Gasteiger partial charge in [-0.15, -0.1) is 0 Å². The molecule has 1 aromatic carbocycles. The molecule has 0 saturated carbocycles. The van der Waals surface area contributed by atoms with Crippen LogP contribution in [0.2, 0.25) is 0 Å². The fourth-order valence-corrected chi connectivity index (χ4v) is 2.87. The molecular weight excluding hydrogens is 300 g/mol. The molecule has 1 aliphatic heterocycles. The number of hydrogen-bond donors (Lipinski definition) is 1. The maximum Gasteiger partial charge on any atom is 0.255 e. The molecule has 2 aromatic rings. The van der Waals surface area contributed by atoms with Gasteiger partial charge >= 0.3 is 0 Å². The van der Waals surface area contributed by atoms with E-state index in [-0.39, 0.29) is 11.5 Å². The summed E-state index contributed by atoms with van der Waals surface area (Å²) in [6.45, 7) is 5.52. The van der Waals surface area contributed by atoms with Gasteiger partial charge in [-0.05, 0) is 17.7 Å². The summed E-state index contributed by atoms with van der Waals surface area (Å²) in [5.74, 6) is -0.298. The first-order valence-corrected chi connectivity index (χ1v) is 7.71. The Balaban J connectivity index is 1.81. The molecule has 1 aromatic heterocycles. The predicted octanol–water partition coefficient (Wildman–Crippen LogP) is 2.73. The summed E-state index contributed by atoms with van der Waals surface area (Å²) >= 11 is 0. The van der Waals surface area contributed by atoms with Gasteiger partial charge in [0.25, 0.3) is 5.56 Å². The van der Waals surface area contributed by atoms with E-state index in [2.05, 4.69) is 9.97 Å². The van der Waals surface area contributed by atoms with Crippen molar-refractivity contribution in [3.05, 3.63) is 62.8 Å². The number of halogens is 2. The minimum absolute atomic E-state index is 0.117. The molecule has 0 atom stereocenters. The van der Waals surface area contributed by atoms with Crippen LogP contribution in [0, 0.1) is 11.6 Å². The van der Waals surface area contributed by atoms with Crippen molar-refractivity contribution in [3.63, 3.8) is 0 Å². The highest BCUT2D eigenvalue weighted by Crippen LogP contribution is 2.19. The number of aromatic amines is 1. The summed E-state index contributed by atoms with van der Waals surface area (Å²) in [7, 11) is 0. The van der Waals surface area contributed by atoms with E-state index in [0.717, 1.165) is 11.8 Å². The van der Waals surface area contributed by atoms with Gasteiger partial charge in [0.15, 0.2) is 0 Å². The molecule has 0 spiro atoms. The van der Waals surface area contributed by atoms with Crippen molar-refractivity contribution in [3.8, 4) is 0 Å². The number of aromatic nitrogens is 2. The molecule has 0 saturated heterocycles. The number of nitrogens with zero attached hydrogens (tertiary/aromatic N) is 2. The van der Waals surface area contributed by atoms with E-state index < -0.39 is 11.6 Å². The number of hydrogen-bond acceptors (Lipinski definition) is 3. The van der Waals surface area contributed by atoms with Gasteiger partial charge in [-0.3, -0.25) is 9.69 Å². The molecular formula is C17H19F2N3O. The average Bonchev–Trinajstić information content (AvgIpc) is 2.46. The van der Waals surface area contributed by atoms with Crippen molar-refractivity contribution >= 4 is 0 Å². The van der Waals surface area contributed by atoms with Crippen molar-refractivity contribution in [1.82, 2.24) is 14.9 Å². The fraction of sp³-hybridized carbons (Fsp3) is 0.412. The Morgan fingerprint density at radius 3 is 2.61 bits per heavy atom. The lowest BCUT2D eigenvalue weighted by Gasteiger charge is -2.28. The number of H-pyrrole nitrogens is 1. The lowest BCUT2D eigenvalue weighted by atomic mass is 10.0. The van der Waals surface area contributed by atoms with Gasteiger partial charge in [-0.1, -0.05) is 13.8 Å². The quantitative estimate of drug-likeness (QED) is 0.946. The molecule has 6 heteroatoms. The fourth-order valence-electron chi connectivity index (χ4n) is 2.87. The zero-order chi connectivity index (χ0) is 16.6. The third kappa shape index (κ3) is 3.47. The first-order valence-electron chi connectivity index (χ1n) is 7.71. The maximum atomic E-state index is 13.3. The molecule has 2 heterocycles. The van der Waals surface area contributed by atoms with Gasteiger partial charge in [0, 0.05) is 38.0 Å². The van der Waals surface area contributed by atoms with E-state index in [1.165, 1.54) is 12.1 Å². The first kappa shape index (κ1) is 15.8. The Bertz CT molecular complexity index is 766. The Morgan fingerprint density at radius 1 is 1.26 bits per heavy atom. The number of rotatable bonds is 3. The maximum absolute atomic E-state index is 13.3. The molecule has 23 heavy (non-hydrogen) atoms. The second-order valence-electron chi connectivity index (χ2n) is 6.27. The predicted molar refractivity (Wildman–Crippen MR) is 83.1 cm³/mol. The largest absolute Gasteiger partial charge is 0.310 e. The molecule has 4 nitrogen and oxygen atoms in total. The van der Waals surface area contributed by atoms with E-state index in [1.54, 1.807) is 0 Å².